The van der Waals surface area contributed by atoms with Crippen LogP contribution in [0.1, 0.15) is 32.3 Å². The van der Waals surface area contributed by atoms with Crippen molar-refractivity contribution >= 4 is 46.2 Å². The molecule has 0 aliphatic rings. The molecule has 44 heavy (non-hydrogen) atoms. The summed E-state index contributed by atoms with van der Waals surface area (Å²) in [5.41, 5.74) is 8.35. The second kappa shape index (κ2) is 13.0. The molecule has 0 amide bonds. The van der Waals surface area contributed by atoms with Gasteiger partial charge in [0, 0.05) is 38.2 Å². The molecule has 0 spiro atoms. The Hall–Kier alpha value is -3.83. The average molecular weight is 772 g/mol. The van der Waals surface area contributed by atoms with Gasteiger partial charge in [0.25, 0.3) is 0 Å². The first-order chi connectivity index (χ1) is 20.8. The molecule has 1 radical (unpaired) electrons. The molecule has 7 aromatic rings. The minimum atomic E-state index is -1.34. The van der Waals surface area contributed by atoms with Gasteiger partial charge in [-0.25, -0.2) is 0 Å². The van der Waals surface area contributed by atoms with Gasteiger partial charge in [-0.2, -0.15) is 0 Å². The summed E-state index contributed by atoms with van der Waals surface area (Å²) in [5.74, 6) is 1.44. The van der Waals surface area contributed by atoms with E-state index >= 15 is 0 Å². The molecule has 3 heterocycles. The Morgan fingerprint density at radius 2 is 1.61 bits per heavy atom. The van der Waals surface area contributed by atoms with Gasteiger partial charge in [-0.3, -0.25) is 4.98 Å². The molecule has 4 nitrogen and oxygen atoms in total. The van der Waals surface area contributed by atoms with Crippen molar-refractivity contribution in [2.24, 2.45) is 0 Å². The SMILES string of the molecule is CC(C)c1cc(-c2[c-]cccc2)ncc1[Si](C)(C)C.CCn1c(-c2[c-]ccc3c2oc2ccccc23)nc2ccccc21.[Ir]. The maximum Gasteiger partial charge on any atom is 0.120 e. The number of hydrogen-bond acceptors (Lipinski definition) is 3. The molecule has 0 saturated carbocycles. The van der Waals surface area contributed by atoms with Gasteiger partial charge in [-0.05, 0) is 41.9 Å². The second-order valence-corrected chi connectivity index (χ2v) is 17.2. The van der Waals surface area contributed by atoms with E-state index < -0.39 is 8.07 Å². The van der Waals surface area contributed by atoms with Crippen LogP contribution < -0.4 is 5.19 Å². The van der Waals surface area contributed by atoms with E-state index in [2.05, 4.69) is 98.6 Å². The Bertz CT molecular complexity index is 2040. The molecule has 0 fully saturated rings. The zero-order chi connectivity index (χ0) is 30.1. The molecule has 0 saturated heterocycles. The monoisotopic (exact) mass is 772 g/mol. The van der Waals surface area contributed by atoms with Gasteiger partial charge in [0.1, 0.15) is 5.58 Å². The van der Waals surface area contributed by atoms with Gasteiger partial charge in [0.05, 0.1) is 30.5 Å². The normalized spacial score (nSPS) is 11.5. The van der Waals surface area contributed by atoms with E-state index in [0.717, 1.165) is 62.2 Å². The molecule has 0 aliphatic heterocycles. The van der Waals surface area contributed by atoms with Crippen LogP contribution in [0.25, 0.3) is 55.6 Å². The largest absolute Gasteiger partial charge is 0.501 e. The van der Waals surface area contributed by atoms with Crippen molar-refractivity contribution < 1.29 is 24.5 Å². The molecule has 4 aromatic carbocycles. The number of rotatable bonds is 5. The van der Waals surface area contributed by atoms with Crippen LogP contribution in [0.2, 0.25) is 19.6 Å². The Morgan fingerprint density at radius 1 is 0.864 bits per heavy atom. The Balaban J connectivity index is 0.000000176. The van der Waals surface area contributed by atoms with Crippen molar-refractivity contribution in [2.45, 2.75) is 52.9 Å². The second-order valence-electron chi connectivity index (χ2n) is 12.2. The molecule has 0 N–H and O–H groups in total. The van der Waals surface area contributed by atoms with Crippen LogP contribution in [-0.2, 0) is 26.7 Å². The van der Waals surface area contributed by atoms with Crippen molar-refractivity contribution in [2.75, 3.05) is 0 Å². The van der Waals surface area contributed by atoms with Crippen molar-refractivity contribution in [1.29, 1.82) is 0 Å². The standard InChI is InChI=1S/C21H15N2O.C17H22NSi.Ir/c1-2-23-18-12-5-4-11-17(18)22-21(23)16-10-7-9-15-14-8-3-6-13-19(14)24-20(15)16;1-13(2)15-11-16(14-9-7-6-8-10-14)18-12-17(15)19(3,4)5;/h3-9,11-13H,2H2,1H3;6-9,11-13H,1-5H3;/q2*-1;. The van der Waals surface area contributed by atoms with E-state index in [-0.39, 0.29) is 20.1 Å². The number of aryl methyl sites for hydroxylation is 1. The molecule has 0 bridgehead atoms. The van der Waals surface area contributed by atoms with E-state index in [9.17, 15) is 0 Å². The van der Waals surface area contributed by atoms with Crippen LogP contribution in [0.5, 0.6) is 0 Å². The predicted octanol–water partition coefficient (Wildman–Crippen LogP) is 9.64. The third kappa shape index (κ3) is 6.07. The summed E-state index contributed by atoms with van der Waals surface area (Å²) in [5, 5.41) is 3.71. The summed E-state index contributed by atoms with van der Waals surface area (Å²) in [6, 6.07) is 37.3. The van der Waals surface area contributed by atoms with E-state index in [4.69, 9.17) is 9.40 Å². The zero-order valence-electron chi connectivity index (χ0n) is 26.1. The van der Waals surface area contributed by atoms with Crippen LogP contribution in [-0.4, -0.2) is 22.6 Å². The fourth-order valence-corrected chi connectivity index (χ4v) is 7.40. The molecule has 0 atom stereocenters. The summed E-state index contributed by atoms with van der Waals surface area (Å²) in [4.78, 5) is 9.51. The first kappa shape index (κ1) is 31.6. The third-order valence-corrected chi connectivity index (χ3v) is 9.92. The number of imidazole rings is 1. The van der Waals surface area contributed by atoms with Gasteiger partial charge in [0.15, 0.2) is 0 Å². The van der Waals surface area contributed by atoms with Crippen LogP contribution in [0.4, 0.5) is 0 Å². The topological polar surface area (TPSA) is 43.9 Å². The number of para-hydroxylation sites is 3. The quantitative estimate of drug-likeness (QED) is 0.129. The van der Waals surface area contributed by atoms with Crippen LogP contribution in [0.15, 0.2) is 102 Å². The number of aromatic nitrogens is 3. The van der Waals surface area contributed by atoms with E-state index in [1.165, 1.54) is 10.8 Å². The number of fused-ring (bicyclic) bond motifs is 4. The maximum atomic E-state index is 6.15. The summed E-state index contributed by atoms with van der Waals surface area (Å²) in [6.45, 7) is 14.6. The number of benzene rings is 4. The van der Waals surface area contributed by atoms with Crippen LogP contribution >= 0.6 is 0 Å². The Kier molecular flexibility index (Phi) is 9.36. The molecule has 7 rings (SSSR count). The third-order valence-electron chi connectivity index (χ3n) is 7.88. The number of nitrogens with zero attached hydrogens (tertiary/aromatic N) is 3. The van der Waals surface area contributed by atoms with Crippen LogP contribution in [0.3, 0.4) is 0 Å². The summed E-state index contributed by atoms with van der Waals surface area (Å²) in [7, 11) is -1.34. The summed E-state index contributed by atoms with van der Waals surface area (Å²) >= 11 is 0. The minimum absolute atomic E-state index is 0. The minimum Gasteiger partial charge on any atom is -0.501 e. The van der Waals surface area contributed by atoms with Crippen molar-refractivity contribution in [3.8, 4) is 22.6 Å². The molecule has 6 heteroatoms. The molecule has 0 unspecified atom stereocenters. The Labute approximate surface area is 274 Å². The molecule has 225 valence electrons. The molecule has 0 aliphatic carbocycles. The predicted molar refractivity (Wildman–Crippen MR) is 183 cm³/mol. The van der Waals surface area contributed by atoms with E-state index in [1.807, 2.05) is 60.7 Å². The van der Waals surface area contributed by atoms with Gasteiger partial charge in [0.2, 0.25) is 0 Å². The molecule has 3 aromatic heterocycles. The van der Waals surface area contributed by atoms with E-state index in [0.29, 0.717) is 5.92 Å². The Morgan fingerprint density at radius 3 is 2.34 bits per heavy atom. The van der Waals surface area contributed by atoms with Crippen molar-refractivity contribution in [3.63, 3.8) is 0 Å². The molecular weight excluding hydrogens is 735 g/mol. The number of furan rings is 1. The fraction of sp³-hybridized carbons (Fsp3) is 0.211. The smallest absolute Gasteiger partial charge is 0.120 e. The van der Waals surface area contributed by atoms with Gasteiger partial charge < -0.3 is 14.0 Å². The van der Waals surface area contributed by atoms with Gasteiger partial charge in [-0.1, -0.05) is 86.4 Å². The van der Waals surface area contributed by atoms with Crippen LogP contribution in [0, 0.1) is 12.1 Å². The average Bonchev–Trinajstić information content (AvgIpc) is 3.59. The van der Waals surface area contributed by atoms with Gasteiger partial charge in [-0.15, -0.1) is 54.1 Å². The molecular formula is C38H37IrN3OSi-2. The first-order valence-electron chi connectivity index (χ1n) is 15.0. The van der Waals surface area contributed by atoms with E-state index in [1.54, 1.807) is 0 Å². The van der Waals surface area contributed by atoms with Crippen molar-refractivity contribution in [3.05, 3.63) is 115 Å². The summed E-state index contributed by atoms with van der Waals surface area (Å²) < 4.78 is 8.36. The van der Waals surface area contributed by atoms with Crippen molar-refractivity contribution in [1.82, 2.24) is 14.5 Å². The number of pyridine rings is 1. The fourth-order valence-electron chi connectivity index (χ4n) is 5.72. The maximum absolute atomic E-state index is 6.15. The number of hydrogen-bond donors (Lipinski definition) is 0. The first-order valence-corrected chi connectivity index (χ1v) is 18.5. The zero-order valence-corrected chi connectivity index (χ0v) is 29.5. The summed E-state index contributed by atoms with van der Waals surface area (Å²) in [6.07, 6.45) is 2.09. The van der Waals surface area contributed by atoms with Gasteiger partial charge >= 0.3 is 0 Å².